The molecular weight excluding hydrogens is 250 g/mol. The molecule has 1 unspecified atom stereocenters. The number of nitriles is 1. The van der Waals surface area contributed by atoms with Gasteiger partial charge in [-0.2, -0.15) is 5.26 Å². The zero-order chi connectivity index (χ0) is 15.0. The maximum Gasteiger partial charge on any atom is 0.120 e. The number of benzene rings is 1. The Morgan fingerprint density at radius 1 is 1.45 bits per heavy atom. The van der Waals surface area contributed by atoms with E-state index in [2.05, 4.69) is 23.2 Å². The van der Waals surface area contributed by atoms with Crippen LogP contribution in [0.15, 0.2) is 24.3 Å². The summed E-state index contributed by atoms with van der Waals surface area (Å²) < 4.78 is 5.23. The number of rotatable bonds is 8. The van der Waals surface area contributed by atoms with E-state index in [1.807, 2.05) is 38.2 Å². The number of hydrogen-bond acceptors (Lipinski definition) is 4. The monoisotopic (exact) mass is 275 g/mol. The highest BCUT2D eigenvalue weighted by atomic mass is 16.5. The summed E-state index contributed by atoms with van der Waals surface area (Å²) in [5, 5.41) is 12.6. The molecule has 4 nitrogen and oxygen atoms in total. The van der Waals surface area contributed by atoms with Crippen LogP contribution in [0.25, 0.3) is 0 Å². The third-order valence-electron chi connectivity index (χ3n) is 3.45. The van der Waals surface area contributed by atoms with Crippen LogP contribution in [-0.2, 0) is 0 Å². The van der Waals surface area contributed by atoms with Gasteiger partial charge in [0.15, 0.2) is 0 Å². The summed E-state index contributed by atoms with van der Waals surface area (Å²) in [7, 11) is 3.70. The predicted molar refractivity (Wildman–Crippen MR) is 83.2 cm³/mol. The molecule has 4 heteroatoms. The smallest absolute Gasteiger partial charge is 0.120 e. The van der Waals surface area contributed by atoms with E-state index in [-0.39, 0.29) is 0 Å². The zero-order valence-corrected chi connectivity index (χ0v) is 12.9. The molecule has 0 heterocycles. The standard InChI is InChI=1S/C16H25N3O/c1-5-10-18-16(2,13-17)9-11-19(3)14-7-6-8-15(12-14)20-4/h6-8,12,18H,5,9-11H2,1-4H3. The van der Waals surface area contributed by atoms with Crippen molar-refractivity contribution in [3.63, 3.8) is 0 Å². The number of nitrogens with zero attached hydrogens (tertiary/aromatic N) is 2. The van der Waals surface area contributed by atoms with Crippen molar-refractivity contribution in [2.75, 3.05) is 32.1 Å². The van der Waals surface area contributed by atoms with Crippen molar-refractivity contribution >= 4 is 5.69 Å². The van der Waals surface area contributed by atoms with Gasteiger partial charge in [-0.1, -0.05) is 13.0 Å². The number of nitrogens with one attached hydrogen (secondary N) is 1. The summed E-state index contributed by atoms with van der Waals surface area (Å²) in [5.41, 5.74) is 0.628. The molecule has 0 saturated carbocycles. The normalized spacial score (nSPS) is 13.3. The molecule has 1 aromatic carbocycles. The molecule has 0 aliphatic rings. The van der Waals surface area contributed by atoms with Gasteiger partial charge >= 0.3 is 0 Å². The van der Waals surface area contributed by atoms with Crippen LogP contribution in [-0.4, -0.2) is 32.8 Å². The Bertz CT molecular complexity index is 455. The van der Waals surface area contributed by atoms with Crippen molar-refractivity contribution in [3.8, 4) is 11.8 Å². The molecule has 1 N–H and O–H groups in total. The minimum atomic E-state index is -0.469. The van der Waals surface area contributed by atoms with E-state index in [0.29, 0.717) is 0 Å². The highest BCUT2D eigenvalue weighted by Crippen LogP contribution is 2.21. The fraction of sp³-hybridized carbons (Fsp3) is 0.562. The lowest BCUT2D eigenvalue weighted by Gasteiger charge is -2.27. The fourth-order valence-electron chi connectivity index (χ4n) is 1.95. The topological polar surface area (TPSA) is 48.3 Å². The molecule has 110 valence electrons. The molecule has 20 heavy (non-hydrogen) atoms. The summed E-state index contributed by atoms with van der Waals surface area (Å²) in [5.74, 6) is 0.849. The molecule has 1 rings (SSSR count). The van der Waals surface area contributed by atoms with Crippen LogP contribution < -0.4 is 15.0 Å². The van der Waals surface area contributed by atoms with Crippen molar-refractivity contribution < 1.29 is 4.74 Å². The van der Waals surface area contributed by atoms with Crippen LogP contribution in [0.2, 0.25) is 0 Å². The van der Waals surface area contributed by atoms with Gasteiger partial charge in [0, 0.05) is 25.3 Å². The van der Waals surface area contributed by atoms with Crippen LogP contribution >= 0.6 is 0 Å². The first-order valence-corrected chi connectivity index (χ1v) is 7.06. The molecular formula is C16H25N3O. The summed E-state index contributed by atoms with van der Waals surface area (Å²) >= 11 is 0. The maximum atomic E-state index is 9.33. The van der Waals surface area contributed by atoms with Gasteiger partial charge in [0.1, 0.15) is 11.3 Å². The highest BCUT2D eigenvalue weighted by Gasteiger charge is 2.22. The first-order chi connectivity index (χ1) is 9.54. The third kappa shape index (κ3) is 4.75. The van der Waals surface area contributed by atoms with E-state index in [4.69, 9.17) is 4.74 Å². The average Bonchev–Trinajstić information content (AvgIpc) is 2.50. The lowest BCUT2D eigenvalue weighted by molar-refractivity contribution is 0.413. The molecule has 0 aromatic heterocycles. The van der Waals surface area contributed by atoms with Gasteiger partial charge in [-0.05, 0) is 38.4 Å². The molecule has 1 atom stereocenters. The molecule has 0 radical (unpaired) electrons. The second-order valence-corrected chi connectivity index (χ2v) is 5.24. The van der Waals surface area contributed by atoms with Crippen LogP contribution in [0.1, 0.15) is 26.7 Å². The van der Waals surface area contributed by atoms with E-state index in [9.17, 15) is 5.26 Å². The van der Waals surface area contributed by atoms with Gasteiger partial charge in [0.05, 0.1) is 13.2 Å². The van der Waals surface area contributed by atoms with E-state index < -0.39 is 5.54 Å². The number of anilines is 1. The van der Waals surface area contributed by atoms with E-state index in [1.54, 1.807) is 7.11 Å². The first-order valence-electron chi connectivity index (χ1n) is 7.06. The van der Waals surface area contributed by atoms with Crippen molar-refractivity contribution in [2.24, 2.45) is 0 Å². The average molecular weight is 275 g/mol. The molecule has 0 bridgehead atoms. The van der Waals surface area contributed by atoms with Gasteiger partial charge in [-0.3, -0.25) is 5.32 Å². The van der Waals surface area contributed by atoms with Crippen LogP contribution in [0.3, 0.4) is 0 Å². The van der Waals surface area contributed by atoms with E-state index in [0.717, 1.165) is 37.4 Å². The second-order valence-electron chi connectivity index (χ2n) is 5.24. The number of ether oxygens (including phenoxy) is 1. The van der Waals surface area contributed by atoms with Crippen LogP contribution in [0, 0.1) is 11.3 Å². The summed E-state index contributed by atoms with van der Waals surface area (Å²) in [6.45, 7) is 5.75. The molecule has 0 saturated heterocycles. The van der Waals surface area contributed by atoms with Gasteiger partial charge in [0.2, 0.25) is 0 Å². The largest absolute Gasteiger partial charge is 0.497 e. The molecule has 0 spiro atoms. The van der Waals surface area contributed by atoms with E-state index in [1.165, 1.54) is 0 Å². The zero-order valence-electron chi connectivity index (χ0n) is 12.9. The molecule has 0 aliphatic carbocycles. The Morgan fingerprint density at radius 2 is 2.20 bits per heavy atom. The van der Waals surface area contributed by atoms with Gasteiger partial charge < -0.3 is 9.64 Å². The lowest BCUT2D eigenvalue weighted by Crippen LogP contribution is -2.43. The molecule has 1 aromatic rings. The summed E-state index contributed by atoms with van der Waals surface area (Å²) in [6, 6.07) is 10.3. The Hall–Kier alpha value is -1.73. The Kier molecular flexibility index (Phi) is 6.33. The fourth-order valence-corrected chi connectivity index (χ4v) is 1.95. The summed E-state index contributed by atoms with van der Waals surface area (Å²) in [6.07, 6.45) is 1.81. The van der Waals surface area contributed by atoms with Gasteiger partial charge in [-0.15, -0.1) is 0 Å². The van der Waals surface area contributed by atoms with Crippen molar-refractivity contribution in [1.82, 2.24) is 5.32 Å². The molecule has 0 aliphatic heterocycles. The Morgan fingerprint density at radius 3 is 2.80 bits per heavy atom. The third-order valence-corrected chi connectivity index (χ3v) is 3.45. The van der Waals surface area contributed by atoms with Crippen molar-refractivity contribution in [3.05, 3.63) is 24.3 Å². The maximum absolute atomic E-state index is 9.33. The quantitative estimate of drug-likeness (QED) is 0.792. The predicted octanol–water partition coefficient (Wildman–Crippen LogP) is 2.80. The highest BCUT2D eigenvalue weighted by molar-refractivity contribution is 5.50. The molecule has 0 amide bonds. The van der Waals surface area contributed by atoms with Crippen LogP contribution in [0.5, 0.6) is 5.75 Å². The van der Waals surface area contributed by atoms with Gasteiger partial charge in [0.25, 0.3) is 0 Å². The van der Waals surface area contributed by atoms with Crippen molar-refractivity contribution in [2.45, 2.75) is 32.2 Å². The van der Waals surface area contributed by atoms with Crippen LogP contribution in [0.4, 0.5) is 5.69 Å². The Labute approximate surface area is 122 Å². The molecule has 0 fully saturated rings. The van der Waals surface area contributed by atoms with Gasteiger partial charge in [-0.25, -0.2) is 0 Å². The summed E-state index contributed by atoms with van der Waals surface area (Å²) in [4.78, 5) is 2.14. The Balaban J connectivity index is 2.61. The lowest BCUT2D eigenvalue weighted by atomic mass is 9.99. The first kappa shape index (κ1) is 16.3. The minimum absolute atomic E-state index is 0.469. The minimum Gasteiger partial charge on any atom is -0.497 e. The van der Waals surface area contributed by atoms with E-state index >= 15 is 0 Å². The second kappa shape index (κ2) is 7.76. The number of hydrogen-bond donors (Lipinski definition) is 1. The SMILES string of the molecule is CCCNC(C)(C#N)CCN(C)c1cccc(OC)c1. The van der Waals surface area contributed by atoms with Crippen molar-refractivity contribution in [1.29, 1.82) is 5.26 Å². The number of methoxy groups -OCH3 is 1.